The van der Waals surface area contributed by atoms with E-state index in [1.54, 1.807) is 0 Å². The van der Waals surface area contributed by atoms with Crippen molar-refractivity contribution < 1.29 is 4.79 Å². The highest BCUT2D eigenvalue weighted by Crippen LogP contribution is 2.20. The molecule has 0 saturated carbocycles. The van der Waals surface area contributed by atoms with Crippen LogP contribution in [0.3, 0.4) is 0 Å². The Balaban J connectivity index is 3.60. The first kappa shape index (κ1) is 5.51. The molecule has 5 heavy (non-hydrogen) atoms. The van der Waals surface area contributed by atoms with Crippen molar-refractivity contribution >= 4 is 35.5 Å². The average Bonchev–Trinajstić information content (AvgIpc) is 1.38. The lowest BCUT2D eigenvalue weighted by Crippen LogP contribution is -1.27. The highest BCUT2D eigenvalue weighted by atomic mass is 36.0. The lowest BCUT2D eigenvalue weighted by molar-refractivity contribution is 0.572. The lowest BCUT2D eigenvalue weighted by atomic mass is 11.9. The zero-order valence-electron chi connectivity index (χ0n) is 2.07. The molecule has 0 aliphatic rings. The van der Waals surface area contributed by atoms with E-state index in [-0.39, 0.29) is 0 Å². The van der Waals surface area contributed by atoms with Crippen LogP contribution in [0, 0.1) is 0 Å². The molecule has 0 bridgehead atoms. The van der Waals surface area contributed by atoms with Crippen molar-refractivity contribution in [3.8, 4) is 0 Å². The smallest absolute Gasteiger partial charge is 0.187 e. The van der Waals surface area contributed by atoms with Gasteiger partial charge < -0.3 is 0 Å². The quantitative estimate of drug-likeness (QED) is 0.456. The SMILES string of the molecule is O=C=S(Cl)Cl. The van der Waals surface area contributed by atoms with Gasteiger partial charge in [0.2, 0.25) is 0 Å². The fourth-order valence-corrected chi connectivity index (χ4v) is 0. The zero-order valence-corrected chi connectivity index (χ0v) is 4.40. The van der Waals surface area contributed by atoms with E-state index < -0.39 is 8.91 Å². The second-order valence-corrected chi connectivity index (χ2v) is 3.21. The third kappa shape index (κ3) is 4.51. The summed E-state index contributed by atoms with van der Waals surface area (Å²) in [5, 5.41) is 1.34. The molecule has 0 N–H and O–H groups in total. The van der Waals surface area contributed by atoms with E-state index in [1.807, 2.05) is 0 Å². The van der Waals surface area contributed by atoms with E-state index in [1.165, 1.54) is 5.23 Å². The largest absolute Gasteiger partial charge is 0.224 e. The molecule has 0 aromatic carbocycles. The summed E-state index contributed by atoms with van der Waals surface area (Å²) in [5.74, 6) is 0. The fourth-order valence-electron chi connectivity index (χ4n) is 0. The Morgan fingerprint density at radius 1 is 1.60 bits per heavy atom. The Morgan fingerprint density at radius 2 is 1.80 bits per heavy atom. The molecule has 4 heteroatoms. The summed E-state index contributed by atoms with van der Waals surface area (Å²) in [6, 6.07) is 0. The molecule has 0 rings (SSSR count). The molecule has 0 unspecified atom stereocenters. The predicted molar refractivity (Wildman–Crippen MR) is 25.0 cm³/mol. The van der Waals surface area contributed by atoms with Crippen molar-refractivity contribution in [2.24, 2.45) is 0 Å². The van der Waals surface area contributed by atoms with E-state index in [9.17, 15) is 0 Å². The highest BCUT2D eigenvalue weighted by molar-refractivity contribution is 8.49. The van der Waals surface area contributed by atoms with Gasteiger partial charge in [0, 0.05) is 0 Å². The van der Waals surface area contributed by atoms with Crippen LogP contribution in [-0.2, 0) is 4.79 Å². The van der Waals surface area contributed by atoms with Crippen LogP contribution in [0.4, 0.5) is 0 Å². The summed E-state index contributed by atoms with van der Waals surface area (Å²) in [5.41, 5.74) is 0. The molecule has 0 atom stereocenters. The first-order valence-corrected chi connectivity index (χ1v) is 3.59. The second-order valence-electron chi connectivity index (χ2n) is 0.296. The van der Waals surface area contributed by atoms with E-state index in [2.05, 4.69) is 0 Å². The van der Waals surface area contributed by atoms with Crippen molar-refractivity contribution in [3.63, 3.8) is 0 Å². The standard InChI is InChI=1S/CCl2OS/c2-5(3)1-4. The maximum absolute atomic E-state index is 9.13. The lowest BCUT2D eigenvalue weighted by Gasteiger charge is -1.57. The summed E-state index contributed by atoms with van der Waals surface area (Å²) in [4.78, 5) is 9.13. The number of carbonyl (C=O) groups excluding carboxylic acids is 1. The molecule has 0 saturated heterocycles. The van der Waals surface area contributed by atoms with Gasteiger partial charge in [0.25, 0.3) is 0 Å². The van der Waals surface area contributed by atoms with Gasteiger partial charge in [-0.25, -0.2) is 4.79 Å². The molecule has 0 radical (unpaired) electrons. The second kappa shape index (κ2) is 2.73. The van der Waals surface area contributed by atoms with Crippen LogP contribution < -0.4 is 0 Å². The Labute approximate surface area is 40.8 Å². The topological polar surface area (TPSA) is 17.1 Å². The van der Waals surface area contributed by atoms with Crippen LogP contribution in [-0.4, -0.2) is 5.23 Å². The Kier molecular flexibility index (Phi) is 3.01. The molecule has 0 aromatic rings. The zero-order chi connectivity index (χ0) is 4.28. The third-order valence-electron chi connectivity index (χ3n) is 0.0630. The number of hydrogen-bond acceptors (Lipinski definition) is 1. The fraction of sp³-hybridized carbons (Fsp3) is 0. The number of halogens is 2. The molecule has 0 fully saturated rings. The minimum Gasteiger partial charge on any atom is -0.224 e. The van der Waals surface area contributed by atoms with E-state index in [4.69, 9.17) is 26.2 Å². The summed E-state index contributed by atoms with van der Waals surface area (Å²) >= 11 is 0. The van der Waals surface area contributed by atoms with Gasteiger partial charge in [-0.2, -0.15) is 0 Å². The molecular weight excluding hydrogens is 131 g/mol. The predicted octanol–water partition coefficient (Wildman–Crippen LogP) is 1.63. The van der Waals surface area contributed by atoms with Gasteiger partial charge in [0.15, 0.2) is 5.23 Å². The molecule has 30 valence electrons. The number of hydrogen-bond donors (Lipinski definition) is 0. The van der Waals surface area contributed by atoms with Crippen LogP contribution in [0.15, 0.2) is 0 Å². The van der Waals surface area contributed by atoms with Crippen LogP contribution in [0.2, 0.25) is 0 Å². The summed E-state index contributed by atoms with van der Waals surface area (Å²) in [7, 11) is 8.48. The maximum atomic E-state index is 9.13. The van der Waals surface area contributed by atoms with Gasteiger partial charge in [-0.3, -0.25) is 0 Å². The van der Waals surface area contributed by atoms with Gasteiger partial charge in [-0.1, -0.05) is 0 Å². The monoisotopic (exact) mass is 130 g/mol. The van der Waals surface area contributed by atoms with Crippen molar-refractivity contribution in [2.75, 3.05) is 0 Å². The summed E-state index contributed by atoms with van der Waals surface area (Å²) in [6.07, 6.45) is 0. The summed E-state index contributed by atoms with van der Waals surface area (Å²) in [6.45, 7) is 0. The molecule has 0 amide bonds. The molecule has 1 nitrogen and oxygen atoms in total. The van der Waals surface area contributed by atoms with E-state index in [0.29, 0.717) is 0 Å². The molecule has 0 aromatic heterocycles. The molecule has 0 spiro atoms. The van der Waals surface area contributed by atoms with Gasteiger partial charge >= 0.3 is 0 Å². The first-order valence-electron chi connectivity index (χ1n) is 0.717. The minimum absolute atomic E-state index is 1.18. The third-order valence-corrected chi connectivity index (χ3v) is 0.567. The van der Waals surface area contributed by atoms with Gasteiger partial charge in [-0.05, 0) is 21.4 Å². The van der Waals surface area contributed by atoms with Crippen LogP contribution in [0.25, 0.3) is 0 Å². The number of rotatable bonds is 0. The maximum Gasteiger partial charge on any atom is 0.187 e. The van der Waals surface area contributed by atoms with Crippen LogP contribution >= 0.6 is 30.3 Å². The highest BCUT2D eigenvalue weighted by Gasteiger charge is 1.67. The summed E-state index contributed by atoms with van der Waals surface area (Å²) < 4.78 is 0. The van der Waals surface area contributed by atoms with E-state index in [0.717, 1.165) is 0 Å². The first-order chi connectivity index (χ1) is 2.27. The average molecular weight is 131 g/mol. The molecular formula is CCl2OS. The van der Waals surface area contributed by atoms with Crippen molar-refractivity contribution in [1.29, 1.82) is 0 Å². The van der Waals surface area contributed by atoms with Crippen LogP contribution in [0.1, 0.15) is 0 Å². The Bertz CT molecular complexity index is 69.7. The Morgan fingerprint density at radius 3 is 1.80 bits per heavy atom. The van der Waals surface area contributed by atoms with Gasteiger partial charge in [0.1, 0.15) is 0 Å². The minimum atomic E-state index is -1.18. The Hall–Kier alpha value is 0.510. The normalized spacial score (nSPS) is 7.80. The van der Waals surface area contributed by atoms with Crippen molar-refractivity contribution in [3.05, 3.63) is 0 Å². The molecule has 0 aliphatic heterocycles. The van der Waals surface area contributed by atoms with Gasteiger partial charge in [-0.15, -0.1) is 0 Å². The van der Waals surface area contributed by atoms with Crippen LogP contribution in [0.5, 0.6) is 0 Å². The van der Waals surface area contributed by atoms with Crippen molar-refractivity contribution in [1.82, 2.24) is 0 Å². The van der Waals surface area contributed by atoms with Gasteiger partial charge in [0.05, 0.1) is 8.91 Å². The van der Waals surface area contributed by atoms with Crippen molar-refractivity contribution in [2.45, 2.75) is 0 Å². The molecule has 0 aliphatic carbocycles. The van der Waals surface area contributed by atoms with E-state index >= 15 is 0 Å². The molecule has 0 heterocycles.